The van der Waals surface area contributed by atoms with Crippen molar-refractivity contribution < 1.29 is 14.3 Å². The number of amides is 2. The number of ether oxygens (including phenoxy) is 1. The van der Waals surface area contributed by atoms with Crippen molar-refractivity contribution in [3.05, 3.63) is 0 Å². The number of piperidine rings is 1. The number of likely N-dealkylation sites (tertiary alicyclic amines) is 1. The van der Waals surface area contributed by atoms with Gasteiger partial charge in [0.1, 0.15) is 6.04 Å². The Morgan fingerprint density at radius 3 is 2.68 bits per heavy atom. The monoisotopic (exact) mass is 328 g/mol. The minimum absolute atomic E-state index is 0.0514. The standard InChI is InChI=1S/C16H28N2O3S/c1-16(2,3)8-14(19)18-11-22-10-13(18)15(20)17-7-5-6-12(9-17)21-4/h12-13H,5-11H2,1-4H3/t12-,13-/m0/s1. The van der Waals surface area contributed by atoms with Gasteiger partial charge in [0, 0.05) is 32.4 Å². The highest BCUT2D eigenvalue weighted by atomic mass is 32.2. The summed E-state index contributed by atoms with van der Waals surface area (Å²) in [5, 5.41) is 0. The fourth-order valence-corrected chi connectivity index (χ4v) is 4.16. The van der Waals surface area contributed by atoms with Crippen LogP contribution in [0, 0.1) is 5.41 Å². The summed E-state index contributed by atoms with van der Waals surface area (Å²) in [6, 6.07) is -0.296. The number of thioether (sulfide) groups is 1. The smallest absolute Gasteiger partial charge is 0.246 e. The molecule has 126 valence electrons. The maximum atomic E-state index is 12.8. The van der Waals surface area contributed by atoms with Gasteiger partial charge in [-0.05, 0) is 18.3 Å². The van der Waals surface area contributed by atoms with E-state index >= 15 is 0 Å². The number of hydrogen-bond acceptors (Lipinski definition) is 4. The van der Waals surface area contributed by atoms with Gasteiger partial charge in [-0.25, -0.2) is 0 Å². The molecule has 0 aliphatic carbocycles. The van der Waals surface area contributed by atoms with Crippen molar-refractivity contribution in [2.45, 2.75) is 52.2 Å². The van der Waals surface area contributed by atoms with Gasteiger partial charge in [0.15, 0.2) is 0 Å². The van der Waals surface area contributed by atoms with Crippen LogP contribution in [0.1, 0.15) is 40.0 Å². The average molecular weight is 328 g/mol. The minimum Gasteiger partial charge on any atom is -0.380 e. The van der Waals surface area contributed by atoms with E-state index in [1.165, 1.54) is 0 Å². The quantitative estimate of drug-likeness (QED) is 0.795. The molecule has 0 aromatic rings. The van der Waals surface area contributed by atoms with E-state index in [1.807, 2.05) is 4.90 Å². The Morgan fingerprint density at radius 1 is 1.32 bits per heavy atom. The van der Waals surface area contributed by atoms with Gasteiger partial charge < -0.3 is 14.5 Å². The minimum atomic E-state index is -0.296. The van der Waals surface area contributed by atoms with Crippen LogP contribution in [-0.2, 0) is 14.3 Å². The molecule has 2 heterocycles. The summed E-state index contributed by atoms with van der Waals surface area (Å²) in [6.07, 6.45) is 2.59. The predicted molar refractivity (Wildman–Crippen MR) is 88.6 cm³/mol. The molecule has 2 saturated heterocycles. The van der Waals surface area contributed by atoms with Crippen LogP contribution in [0.2, 0.25) is 0 Å². The van der Waals surface area contributed by atoms with Crippen LogP contribution < -0.4 is 0 Å². The lowest BCUT2D eigenvalue weighted by molar-refractivity contribution is -0.146. The molecule has 2 aliphatic rings. The molecule has 0 radical (unpaired) electrons. The summed E-state index contributed by atoms with van der Waals surface area (Å²) in [5.41, 5.74) is -0.0514. The van der Waals surface area contributed by atoms with Crippen molar-refractivity contribution in [2.75, 3.05) is 31.8 Å². The Bertz CT molecular complexity index is 422. The van der Waals surface area contributed by atoms with E-state index in [2.05, 4.69) is 20.8 Å². The first-order valence-corrected chi connectivity index (χ1v) is 9.16. The number of hydrogen-bond donors (Lipinski definition) is 0. The lowest BCUT2D eigenvalue weighted by Crippen LogP contribution is -2.52. The summed E-state index contributed by atoms with van der Waals surface area (Å²) < 4.78 is 5.39. The molecule has 2 aliphatic heterocycles. The summed E-state index contributed by atoms with van der Waals surface area (Å²) >= 11 is 1.67. The summed E-state index contributed by atoms with van der Waals surface area (Å²) in [5.74, 6) is 1.53. The van der Waals surface area contributed by atoms with Gasteiger partial charge in [-0.1, -0.05) is 20.8 Å². The van der Waals surface area contributed by atoms with Crippen molar-refractivity contribution in [3.63, 3.8) is 0 Å². The SMILES string of the molecule is CO[C@H]1CCCN(C(=O)[C@@H]2CSCN2C(=O)CC(C)(C)C)C1. The second kappa shape index (κ2) is 7.21. The number of rotatable bonds is 3. The molecule has 5 nitrogen and oxygen atoms in total. The third kappa shape index (κ3) is 4.38. The van der Waals surface area contributed by atoms with Crippen LogP contribution in [0.15, 0.2) is 0 Å². The molecule has 0 aromatic heterocycles. The highest BCUT2D eigenvalue weighted by Crippen LogP contribution is 2.28. The Hall–Kier alpha value is -0.750. The average Bonchev–Trinajstić information content (AvgIpc) is 2.94. The van der Waals surface area contributed by atoms with Gasteiger partial charge >= 0.3 is 0 Å². The Labute approximate surface area is 137 Å². The maximum absolute atomic E-state index is 12.8. The lowest BCUT2D eigenvalue weighted by Gasteiger charge is -2.35. The van der Waals surface area contributed by atoms with Crippen LogP contribution >= 0.6 is 11.8 Å². The zero-order valence-electron chi connectivity index (χ0n) is 14.1. The molecule has 0 unspecified atom stereocenters. The number of carbonyl (C=O) groups excluding carboxylic acids is 2. The fraction of sp³-hybridized carbons (Fsp3) is 0.875. The van der Waals surface area contributed by atoms with Crippen LogP contribution in [0.3, 0.4) is 0 Å². The van der Waals surface area contributed by atoms with E-state index < -0.39 is 0 Å². The van der Waals surface area contributed by atoms with Crippen LogP contribution in [0.5, 0.6) is 0 Å². The number of methoxy groups -OCH3 is 1. The van der Waals surface area contributed by atoms with Crippen LogP contribution in [-0.4, -0.2) is 65.6 Å². The van der Waals surface area contributed by atoms with Crippen molar-refractivity contribution in [2.24, 2.45) is 5.41 Å². The molecular weight excluding hydrogens is 300 g/mol. The summed E-state index contributed by atoms with van der Waals surface area (Å²) in [6.45, 7) is 7.59. The molecule has 2 amide bonds. The molecule has 0 spiro atoms. The van der Waals surface area contributed by atoms with Crippen LogP contribution in [0.4, 0.5) is 0 Å². The van der Waals surface area contributed by atoms with Gasteiger partial charge in [0.2, 0.25) is 11.8 Å². The van der Waals surface area contributed by atoms with Gasteiger partial charge in [0.25, 0.3) is 0 Å². The van der Waals surface area contributed by atoms with Gasteiger partial charge in [-0.3, -0.25) is 9.59 Å². The topological polar surface area (TPSA) is 49.9 Å². The first kappa shape index (κ1) is 17.6. The van der Waals surface area contributed by atoms with Crippen molar-refractivity contribution in [3.8, 4) is 0 Å². The molecule has 2 rings (SSSR count). The molecule has 0 bridgehead atoms. The zero-order valence-corrected chi connectivity index (χ0v) is 14.9. The molecule has 0 saturated carbocycles. The third-order valence-corrected chi connectivity index (χ3v) is 5.20. The summed E-state index contributed by atoms with van der Waals surface area (Å²) in [7, 11) is 1.70. The lowest BCUT2D eigenvalue weighted by atomic mass is 9.91. The van der Waals surface area contributed by atoms with E-state index in [0.717, 1.165) is 19.4 Å². The first-order valence-electron chi connectivity index (χ1n) is 8.00. The molecule has 22 heavy (non-hydrogen) atoms. The molecule has 0 aromatic carbocycles. The predicted octanol–water partition coefficient (Wildman–Crippen LogP) is 1.96. The normalized spacial score (nSPS) is 26.4. The second-order valence-corrected chi connectivity index (χ2v) is 8.40. The molecule has 0 N–H and O–H groups in total. The van der Waals surface area contributed by atoms with Crippen molar-refractivity contribution >= 4 is 23.6 Å². The van der Waals surface area contributed by atoms with E-state index in [-0.39, 0.29) is 29.4 Å². The highest BCUT2D eigenvalue weighted by molar-refractivity contribution is 7.99. The highest BCUT2D eigenvalue weighted by Gasteiger charge is 2.39. The molecular formula is C16H28N2O3S. The summed E-state index contributed by atoms with van der Waals surface area (Å²) in [4.78, 5) is 29.0. The van der Waals surface area contributed by atoms with Gasteiger partial charge in [0.05, 0.1) is 12.0 Å². The van der Waals surface area contributed by atoms with E-state index in [0.29, 0.717) is 24.6 Å². The van der Waals surface area contributed by atoms with Crippen LogP contribution in [0.25, 0.3) is 0 Å². The van der Waals surface area contributed by atoms with Gasteiger partial charge in [-0.15, -0.1) is 11.8 Å². The maximum Gasteiger partial charge on any atom is 0.246 e. The Morgan fingerprint density at radius 2 is 2.05 bits per heavy atom. The van der Waals surface area contributed by atoms with E-state index in [1.54, 1.807) is 23.8 Å². The number of nitrogens with zero attached hydrogens (tertiary/aromatic N) is 2. The second-order valence-electron chi connectivity index (χ2n) is 7.40. The fourth-order valence-electron chi connectivity index (χ4n) is 2.99. The first-order chi connectivity index (χ1) is 10.3. The molecule has 6 heteroatoms. The van der Waals surface area contributed by atoms with E-state index in [4.69, 9.17) is 4.74 Å². The Kier molecular flexibility index (Phi) is 5.77. The van der Waals surface area contributed by atoms with Crippen molar-refractivity contribution in [1.82, 2.24) is 9.80 Å². The molecule has 2 fully saturated rings. The Balaban J connectivity index is 2.00. The van der Waals surface area contributed by atoms with E-state index in [9.17, 15) is 9.59 Å². The zero-order chi connectivity index (χ0) is 16.3. The third-order valence-electron chi connectivity index (χ3n) is 4.19. The number of carbonyl (C=O) groups is 2. The molecule has 2 atom stereocenters. The largest absolute Gasteiger partial charge is 0.380 e. The van der Waals surface area contributed by atoms with Gasteiger partial charge in [-0.2, -0.15) is 0 Å². The van der Waals surface area contributed by atoms with Crippen molar-refractivity contribution in [1.29, 1.82) is 0 Å².